The van der Waals surface area contributed by atoms with E-state index < -0.39 is 0 Å². The molecule has 0 saturated carbocycles. The largest absolute Gasteiger partial charge is 1.00 e. The van der Waals surface area contributed by atoms with E-state index in [1.807, 2.05) is 0 Å². The Labute approximate surface area is 195 Å². The average molecular weight is 526 g/mol. The van der Waals surface area contributed by atoms with Gasteiger partial charge in [-0.3, -0.25) is 0 Å². The van der Waals surface area contributed by atoms with E-state index in [0.29, 0.717) is 0 Å². The van der Waals surface area contributed by atoms with Crippen molar-refractivity contribution in [1.29, 1.82) is 0 Å². The number of rotatable bonds is 16. The zero-order chi connectivity index (χ0) is 16.7. The van der Waals surface area contributed by atoms with Crippen LogP contribution in [0.3, 0.4) is 0 Å². The minimum Gasteiger partial charge on any atom is -1.00 e. The van der Waals surface area contributed by atoms with Crippen LogP contribution < -0.4 is 24.8 Å². The standard InChI is InChI=1S/2C10H22S.2ClH.Pd/c2*1-3-5-7-9-11-10-8-6-4-2;;;/h2*3-10H2,1-2H3;2*1H;/p-2. The topological polar surface area (TPSA) is 0 Å². The summed E-state index contributed by atoms with van der Waals surface area (Å²) in [6.45, 7) is 9.06. The monoisotopic (exact) mass is 524 g/mol. The molecule has 0 aromatic heterocycles. The van der Waals surface area contributed by atoms with Crippen LogP contribution in [0.4, 0.5) is 0 Å². The van der Waals surface area contributed by atoms with Crippen molar-refractivity contribution in [3.63, 3.8) is 0 Å². The molecule has 0 bridgehead atoms. The Morgan fingerprint density at radius 3 is 0.760 bits per heavy atom. The second-order valence-electron chi connectivity index (χ2n) is 6.05. The molecule has 0 radical (unpaired) electrons. The van der Waals surface area contributed by atoms with Crippen LogP contribution >= 0.6 is 23.5 Å². The molecule has 0 heterocycles. The quantitative estimate of drug-likeness (QED) is 0.224. The van der Waals surface area contributed by atoms with Crippen LogP contribution in [0.25, 0.3) is 0 Å². The fraction of sp³-hybridized carbons (Fsp3) is 1.00. The van der Waals surface area contributed by atoms with Crippen molar-refractivity contribution in [3.05, 3.63) is 0 Å². The minimum atomic E-state index is 0. The van der Waals surface area contributed by atoms with Crippen LogP contribution in [-0.2, 0) is 20.4 Å². The summed E-state index contributed by atoms with van der Waals surface area (Å²) in [7, 11) is 0. The van der Waals surface area contributed by atoms with Gasteiger partial charge in [-0.25, -0.2) is 0 Å². The van der Waals surface area contributed by atoms with Gasteiger partial charge in [-0.05, 0) is 48.7 Å². The van der Waals surface area contributed by atoms with E-state index in [1.54, 1.807) is 0 Å². The van der Waals surface area contributed by atoms with E-state index in [0.717, 1.165) is 0 Å². The Balaban J connectivity index is -0.0000000952. The molecule has 0 fully saturated rings. The Morgan fingerprint density at radius 1 is 0.400 bits per heavy atom. The summed E-state index contributed by atoms with van der Waals surface area (Å²) >= 11 is 4.27. The van der Waals surface area contributed by atoms with Crippen molar-refractivity contribution in [2.24, 2.45) is 0 Å². The second kappa shape index (κ2) is 40.6. The Bertz CT molecular complexity index is 142. The van der Waals surface area contributed by atoms with Gasteiger partial charge in [0.15, 0.2) is 0 Å². The molecule has 5 heteroatoms. The summed E-state index contributed by atoms with van der Waals surface area (Å²) in [4.78, 5) is 0. The predicted molar refractivity (Wildman–Crippen MR) is 113 cm³/mol. The molecule has 0 amide bonds. The molecule has 0 aliphatic carbocycles. The first-order valence-electron chi connectivity index (χ1n) is 9.98. The van der Waals surface area contributed by atoms with Gasteiger partial charge in [-0.15, -0.1) is 0 Å². The van der Waals surface area contributed by atoms with E-state index >= 15 is 0 Å². The van der Waals surface area contributed by atoms with Gasteiger partial charge >= 0.3 is 0 Å². The van der Waals surface area contributed by atoms with Crippen LogP contribution in [-0.4, -0.2) is 23.0 Å². The van der Waals surface area contributed by atoms with Crippen LogP contribution in [0.2, 0.25) is 0 Å². The van der Waals surface area contributed by atoms with Gasteiger partial charge in [0.25, 0.3) is 0 Å². The van der Waals surface area contributed by atoms with Crippen molar-refractivity contribution in [2.45, 2.75) is 105 Å². The third-order valence-corrected chi connectivity index (χ3v) is 5.88. The molecule has 0 aromatic carbocycles. The number of thioether (sulfide) groups is 2. The fourth-order valence-electron chi connectivity index (χ4n) is 2.02. The van der Waals surface area contributed by atoms with E-state index in [1.165, 1.54) is 100 Å². The predicted octanol–water partition coefficient (Wildman–Crippen LogP) is 2.21. The first-order chi connectivity index (χ1) is 10.8. The molecule has 0 rings (SSSR count). The smallest absolute Gasteiger partial charge is 0 e. The molecule has 0 unspecified atom stereocenters. The Kier molecular flexibility index (Phi) is 61.1. The van der Waals surface area contributed by atoms with Gasteiger partial charge < -0.3 is 24.8 Å². The van der Waals surface area contributed by atoms with E-state index in [9.17, 15) is 0 Å². The van der Waals surface area contributed by atoms with Crippen molar-refractivity contribution >= 4 is 23.5 Å². The van der Waals surface area contributed by atoms with E-state index in [2.05, 4.69) is 51.2 Å². The maximum Gasteiger partial charge on any atom is 0 e. The molecule has 0 aliphatic heterocycles. The van der Waals surface area contributed by atoms with Crippen LogP contribution in [0.5, 0.6) is 0 Å². The summed E-state index contributed by atoms with van der Waals surface area (Å²) in [5.74, 6) is 5.55. The SMILES string of the molecule is CCCCCSCCCCC.CCCCCSCCCCC.[Cl-].[Cl-].[Pd]. The van der Waals surface area contributed by atoms with Crippen molar-refractivity contribution in [3.8, 4) is 0 Å². The minimum absolute atomic E-state index is 0. The molecule has 0 saturated heterocycles. The Morgan fingerprint density at radius 2 is 0.600 bits per heavy atom. The number of halogens is 2. The first kappa shape index (κ1) is 37.7. The van der Waals surface area contributed by atoms with Gasteiger partial charge in [0, 0.05) is 20.4 Å². The summed E-state index contributed by atoms with van der Waals surface area (Å²) < 4.78 is 0. The molecule has 0 aliphatic rings. The normalized spacial score (nSPS) is 9.12. The van der Waals surface area contributed by atoms with Gasteiger partial charge in [0.1, 0.15) is 0 Å². The third kappa shape index (κ3) is 46.2. The number of hydrogen-bond acceptors (Lipinski definition) is 2. The molecule has 25 heavy (non-hydrogen) atoms. The van der Waals surface area contributed by atoms with Gasteiger partial charge in [-0.2, -0.15) is 23.5 Å². The summed E-state index contributed by atoms with van der Waals surface area (Å²) in [6.07, 6.45) is 16.8. The fourth-order valence-corrected chi connectivity index (χ4v) is 4.06. The van der Waals surface area contributed by atoms with Crippen molar-refractivity contribution in [1.82, 2.24) is 0 Å². The zero-order valence-electron chi connectivity index (χ0n) is 17.2. The maximum atomic E-state index is 2.27. The number of unbranched alkanes of at least 4 members (excludes halogenated alkanes) is 8. The summed E-state index contributed by atoms with van der Waals surface area (Å²) in [6, 6.07) is 0. The Hall–Kier alpha value is 1.94. The molecule has 0 aromatic rings. The molecule has 0 spiro atoms. The van der Waals surface area contributed by atoms with Gasteiger partial charge in [0.2, 0.25) is 0 Å². The second-order valence-corrected chi connectivity index (χ2v) is 8.50. The van der Waals surface area contributed by atoms with E-state index in [4.69, 9.17) is 0 Å². The molecule has 162 valence electrons. The summed E-state index contributed by atoms with van der Waals surface area (Å²) in [5, 5.41) is 0. The van der Waals surface area contributed by atoms with Gasteiger partial charge in [-0.1, -0.05) is 79.1 Å². The third-order valence-electron chi connectivity index (χ3n) is 3.57. The molecular formula is C20H44Cl2PdS2-2. The molecule has 0 atom stereocenters. The van der Waals surface area contributed by atoms with Crippen LogP contribution in [0.1, 0.15) is 105 Å². The van der Waals surface area contributed by atoms with E-state index in [-0.39, 0.29) is 45.2 Å². The van der Waals surface area contributed by atoms with Gasteiger partial charge in [0.05, 0.1) is 0 Å². The van der Waals surface area contributed by atoms with Crippen molar-refractivity contribution < 1.29 is 45.2 Å². The molecular weight excluding hydrogens is 482 g/mol. The average Bonchev–Trinajstić information content (AvgIpc) is 2.54. The molecule has 0 N–H and O–H groups in total. The first-order valence-corrected chi connectivity index (χ1v) is 12.3. The van der Waals surface area contributed by atoms with Crippen LogP contribution in [0, 0.1) is 0 Å². The summed E-state index contributed by atoms with van der Waals surface area (Å²) in [5.41, 5.74) is 0. The van der Waals surface area contributed by atoms with Crippen molar-refractivity contribution in [2.75, 3.05) is 23.0 Å². The zero-order valence-corrected chi connectivity index (χ0v) is 21.9. The van der Waals surface area contributed by atoms with Crippen LogP contribution in [0.15, 0.2) is 0 Å². The maximum absolute atomic E-state index is 2.27. The number of hydrogen-bond donors (Lipinski definition) is 0. The molecule has 0 nitrogen and oxygen atoms in total.